The molecule has 0 radical (unpaired) electrons. The van der Waals surface area contributed by atoms with E-state index in [0.29, 0.717) is 10.7 Å². The van der Waals surface area contributed by atoms with Crippen LogP contribution in [0.15, 0.2) is 30.5 Å². The van der Waals surface area contributed by atoms with E-state index in [1.807, 2.05) is 25.2 Å². The zero-order valence-electron chi connectivity index (χ0n) is 11.6. The molecule has 2 rings (SSSR count). The van der Waals surface area contributed by atoms with Gasteiger partial charge in [0.15, 0.2) is 5.69 Å². The van der Waals surface area contributed by atoms with Gasteiger partial charge in [-0.25, -0.2) is 4.68 Å². The second-order valence-corrected chi connectivity index (χ2v) is 4.85. The number of nitrogens with zero attached hydrogens (tertiary/aromatic N) is 2. The Bertz CT molecular complexity index is 623. The van der Waals surface area contributed by atoms with Gasteiger partial charge in [-0.3, -0.25) is 4.79 Å². The number of aromatic nitrogens is 2. The standard InChI is InChI=1S/C14H17ClN4O/c1-9(16-2)10-4-5-13(11(15)8-10)19-7-6-12(18-19)14(20)17-3/h4-9,16H,1-3H3,(H,17,20). The molecule has 20 heavy (non-hydrogen) atoms. The fourth-order valence-electron chi connectivity index (χ4n) is 1.85. The highest BCUT2D eigenvalue weighted by Gasteiger charge is 2.11. The van der Waals surface area contributed by atoms with Crippen LogP contribution in [0.2, 0.25) is 5.02 Å². The molecular weight excluding hydrogens is 276 g/mol. The molecule has 0 saturated heterocycles. The minimum Gasteiger partial charge on any atom is -0.354 e. The molecule has 0 aliphatic rings. The third-order valence-corrected chi connectivity index (χ3v) is 3.50. The number of nitrogens with one attached hydrogen (secondary N) is 2. The van der Waals surface area contributed by atoms with E-state index in [1.165, 1.54) is 0 Å². The van der Waals surface area contributed by atoms with Gasteiger partial charge in [0.1, 0.15) is 0 Å². The summed E-state index contributed by atoms with van der Waals surface area (Å²) in [6.07, 6.45) is 1.72. The summed E-state index contributed by atoms with van der Waals surface area (Å²) in [6.45, 7) is 2.06. The van der Waals surface area contributed by atoms with Gasteiger partial charge in [-0.05, 0) is 37.7 Å². The van der Waals surface area contributed by atoms with E-state index in [1.54, 1.807) is 24.0 Å². The molecule has 0 spiro atoms. The number of carbonyl (C=O) groups excluding carboxylic acids is 1. The van der Waals surface area contributed by atoms with Crippen molar-refractivity contribution in [3.8, 4) is 5.69 Å². The average molecular weight is 293 g/mol. The smallest absolute Gasteiger partial charge is 0.271 e. The Morgan fingerprint density at radius 1 is 1.35 bits per heavy atom. The number of halogens is 1. The molecule has 5 nitrogen and oxygen atoms in total. The lowest BCUT2D eigenvalue weighted by molar-refractivity contribution is 0.0957. The van der Waals surface area contributed by atoms with Gasteiger partial charge in [0.25, 0.3) is 5.91 Å². The molecule has 1 aromatic carbocycles. The molecule has 0 fully saturated rings. The van der Waals surface area contributed by atoms with Crippen molar-refractivity contribution < 1.29 is 4.79 Å². The first kappa shape index (κ1) is 14.6. The molecule has 2 N–H and O–H groups in total. The van der Waals surface area contributed by atoms with Gasteiger partial charge in [-0.15, -0.1) is 0 Å². The summed E-state index contributed by atoms with van der Waals surface area (Å²) in [5.74, 6) is -0.222. The number of hydrogen-bond donors (Lipinski definition) is 2. The molecule has 1 unspecified atom stereocenters. The monoisotopic (exact) mass is 292 g/mol. The fourth-order valence-corrected chi connectivity index (χ4v) is 2.13. The molecule has 1 amide bonds. The Hall–Kier alpha value is -1.85. The predicted molar refractivity (Wildman–Crippen MR) is 79.4 cm³/mol. The average Bonchev–Trinajstić information content (AvgIpc) is 2.94. The summed E-state index contributed by atoms with van der Waals surface area (Å²) in [4.78, 5) is 11.5. The van der Waals surface area contributed by atoms with Gasteiger partial charge >= 0.3 is 0 Å². The molecule has 6 heteroatoms. The van der Waals surface area contributed by atoms with Crippen LogP contribution >= 0.6 is 11.6 Å². The van der Waals surface area contributed by atoms with Gasteiger partial charge in [-0.1, -0.05) is 17.7 Å². The molecule has 0 saturated carbocycles. The molecule has 0 aliphatic carbocycles. The second kappa shape index (κ2) is 6.07. The molecule has 1 atom stereocenters. The first-order chi connectivity index (χ1) is 9.56. The summed E-state index contributed by atoms with van der Waals surface area (Å²) < 4.78 is 1.60. The molecule has 2 aromatic rings. The van der Waals surface area contributed by atoms with Gasteiger partial charge in [0.05, 0.1) is 10.7 Å². The van der Waals surface area contributed by atoms with Crippen molar-refractivity contribution in [2.24, 2.45) is 0 Å². The van der Waals surface area contributed by atoms with Crippen molar-refractivity contribution >= 4 is 17.5 Å². The van der Waals surface area contributed by atoms with Crippen molar-refractivity contribution in [1.29, 1.82) is 0 Å². The Morgan fingerprint density at radius 3 is 2.70 bits per heavy atom. The lowest BCUT2D eigenvalue weighted by atomic mass is 10.1. The van der Waals surface area contributed by atoms with Crippen LogP contribution in [0.1, 0.15) is 29.0 Å². The zero-order chi connectivity index (χ0) is 14.7. The minimum absolute atomic E-state index is 0.222. The maximum Gasteiger partial charge on any atom is 0.271 e. The molecule has 0 bridgehead atoms. The van der Waals surface area contributed by atoms with E-state index >= 15 is 0 Å². The second-order valence-electron chi connectivity index (χ2n) is 4.45. The van der Waals surface area contributed by atoms with Crippen molar-refractivity contribution in [3.63, 3.8) is 0 Å². The van der Waals surface area contributed by atoms with Crippen LogP contribution in [-0.4, -0.2) is 29.8 Å². The van der Waals surface area contributed by atoms with Crippen LogP contribution in [0, 0.1) is 0 Å². The number of rotatable bonds is 4. The van der Waals surface area contributed by atoms with E-state index in [4.69, 9.17) is 11.6 Å². The number of benzene rings is 1. The van der Waals surface area contributed by atoms with Crippen LogP contribution in [0.5, 0.6) is 0 Å². The van der Waals surface area contributed by atoms with Crippen LogP contribution in [0.3, 0.4) is 0 Å². The maximum atomic E-state index is 11.5. The highest BCUT2D eigenvalue weighted by molar-refractivity contribution is 6.32. The van der Waals surface area contributed by atoms with Gasteiger partial charge in [0, 0.05) is 19.3 Å². The van der Waals surface area contributed by atoms with Gasteiger partial charge in [0.2, 0.25) is 0 Å². The fraction of sp³-hybridized carbons (Fsp3) is 0.286. The van der Waals surface area contributed by atoms with Crippen LogP contribution in [0.4, 0.5) is 0 Å². The Kier molecular flexibility index (Phi) is 4.42. The van der Waals surface area contributed by atoms with Gasteiger partial charge < -0.3 is 10.6 Å². The maximum absolute atomic E-state index is 11.5. The lowest BCUT2D eigenvalue weighted by Gasteiger charge is -2.12. The van der Waals surface area contributed by atoms with E-state index in [9.17, 15) is 4.79 Å². The van der Waals surface area contributed by atoms with Crippen molar-refractivity contribution in [2.45, 2.75) is 13.0 Å². The largest absolute Gasteiger partial charge is 0.354 e. The van der Waals surface area contributed by atoms with Crippen LogP contribution in [-0.2, 0) is 0 Å². The number of amides is 1. The Morgan fingerprint density at radius 2 is 2.10 bits per heavy atom. The lowest BCUT2D eigenvalue weighted by Crippen LogP contribution is -2.18. The molecule has 106 valence electrons. The van der Waals surface area contributed by atoms with Gasteiger partial charge in [-0.2, -0.15) is 5.10 Å². The number of carbonyl (C=O) groups is 1. The predicted octanol–water partition coefficient (Wildman–Crippen LogP) is 2.17. The van der Waals surface area contributed by atoms with Crippen molar-refractivity contribution in [3.05, 3.63) is 46.7 Å². The first-order valence-electron chi connectivity index (χ1n) is 6.31. The van der Waals surface area contributed by atoms with Crippen molar-refractivity contribution in [1.82, 2.24) is 20.4 Å². The summed E-state index contributed by atoms with van der Waals surface area (Å²) in [5, 5.41) is 10.5. The van der Waals surface area contributed by atoms with E-state index in [-0.39, 0.29) is 11.9 Å². The van der Waals surface area contributed by atoms with Crippen LogP contribution in [0.25, 0.3) is 5.69 Å². The minimum atomic E-state index is -0.222. The van der Waals surface area contributed by atoms with Crippen LogP contribution < -0.4 is 10.6 Å². The quantitative estimate of drug-likeness (QED) is 0.908. The molecule has 1 heterocycles. The summed E-state index contributed by atoms with van der Waals surface area (Å²) in [6, 6.07) is 7.66. The Balaban J connectivity index is 2.34. The Labute approximate surface area is 122 Å². The van der Waals surface area contributed by atoms with E-state index < -0.39 is 0 Å². The molecule has 1 aromatic heterocycles. The normalized spacial score (nSPS) is 12.2. The highest BCUT2D eigenvalue weighted by Crippen LogP contribution is 2.24. The van der Waals surface area contributed by atoms with Crippen molar-refractivity contribution in [2.75, 3.05) is 14.1 Å². The number of hydrogen-bond acceptors (Lipinski definition) is 3. The highest BCUT2D eigenvalue weighted by atomic mass is 35.5. The third-order valence-electron chi connectivity index (χ3n) is 3.20. The third kappa shape index (κ3) is 2.84. The SMILES string of the molecule is CNC(=O)c1ccn(-c2ccc(C(C)NC)cc2Cl)n1. The summed E-state index contributed by atoms with van der Waals surface area (Å²) in [7, 11) is 3.47. The summed E-state index contributed by atoms with van der Waals surface area (Å²) in [5.41, 5.74) is 2.20. The first-order valence-corrected chi connectivity index (χ1v) is 6.69. The van der Waals surface area contributed by atoms with E-state index in [0.717, 1.165) is 11.3 Å². The molecule has 0 aliphatic heterocycles. The zero-order valence-corrected chi connectivity index (χ0v) is 12.4. The molecular formula is C14H17ClN4O. The van der Waals surface area contributed by atoms with E-state index in [2.05, 4.69) is 22.7 Å². The topological polar surface area (TPSA) is 59.0 Å². The summed E-state index contributed by atoms with van der Waals surface area (Å²) >= 11 is 6.30.